The van der Waals surface area contributed by atoms with Crippen molar-refractivity contribution in [2.75, 3.05) is 0 Å². The summed E-state index contributed by atoms with van der Waals surface area (Å²) < 4.78 is 0. The summed E-state index contributed by atoms with van der Waals surface area (Å²) in [5.74, 6) is -0.162. The molecule has 5 nitrogen and oxygen atoms in total. The highest BCUT2D eigenvalue weighted by Gasteiger charge is 2.33. The van der Waals surface area contributed by atoms with E-state index in [-0.39, 0.29) is 12.8 Å². The van der Waals surface area contributed by atoms with Crippen molar-refractivity contribution in [2.45, 2.75) is 64.2 Å². The van der Waals surface area contributed by atoms with Crippen LogP contribution in [0.5, 0.6) is 0 Å². The molecule has 134 valence electrons. The molecule has 2 aliphatic rings. The lowest BCUT2D eigenvalue weighted by atomic mass is 9.77. The van der Waals surface area contributed by atoms with Crippen LogP contribution >= 0.6 is 0 Å². The summed E-state index contributed by atoms with van der Waals surface area (Å²) in [7, 11) is 0. The molecule has 0 radical (unpaired) electrons. The fourth-order valence-electron chi connectivity index (χ4n) is 3.88. The monoisotopic (exact) mass is 343 g/mol. The average Bonchev–Trinajstić information content (AvgIpc) is 2.95. The largest absolute Gasteiger partial charge is 0.363 e. The van der Waals surface area contributed by atoms with Crippen molar-refractivity contribution < 1.29 is 19.2 Å². The Kier molecular flexibility index (Phi) is 5.51. The first-order chi connectivity index (χ1) is 12.1. The van der Waals surface area contributed by atoms with Crippen molar-refractivity contribution >= 4 is 17.8 Å². The average molecular weight is 343 g/mol. The van der Waals surface area contributed by atoms with Gasteiger partial charge in [-0.25, -0.2) is 4.79 Å². The van der Waals surface area contributed by atoms with Gasteiger partial charge in [-0.1, -0.05) is 31.9 Å². The zero-order chi connectivity index (χ0) is 17.8. The SMILES string of the molecule is CCC[C@H]1CC[C@H](c2ccc(C(=O)ON3C(=O)CCC3=O)cc2)CC1. The number of amides is 2. The van der Waals surface area contributed by atoms with Crippen LogP contribution in [0.25, 0.3) is 0 Å². The van der Waals surface area contributed by atoms with E-state index < -0.39 is 17.8 Å². The van der Waals surface area contributed by atoms with E-state index in [0.29, 0.717) is 16.5 Å². The van der Waals surface area contributed by atoms with E-state index in [2.05, 4.69) is 6.92 Å². The number of hydrogen-bond acceptors (Lipinski definition) is 4. The summed E-state index contributed by atoms with van der Waals surface area (Å²) in [5, 5.41) is 0.589. The van der Waals surface area contributed by atoms with Crippen molar-refractivity contribution in [3.63, 3.8) is 0 Å². The lowest BCUT2D eigenvalue weighted by Gasteiger charge is -2.28. The number of benzene rings is 1. The van der Waals surface area contributed by atoms with E-state index >= 15 is 0 Å². The maximum atomic E-state index is 12.1. The summed E-state index contributed by atoms with van der Waals surface area (Å²) >= 11 is 0. The van der Waals surface area contributed by atoms with E-state index in [9.17, 15) is 14.4 Å². The van der Waals surface area contributed by atoms with Gasteiger partial charge in [0.1, 0.15) is 0 Å². The summed E-state index contributed by atoms with van der Waals surface area (Å²) in [6, 6.07) is 7.38. The van der Waals surface area contributed by atoms with E-state index in [4.69, 9.17) is 4.84 Å². The minimum atomic E-state index is -0.665. The van der Waals surface area contributed by atoms with Gasteiger partial charge in [0.05, 0.1) is 5.56 Å². The molecule has 1 saturated carbocycles. The third-order valence-corrected chi connectivity index (χ3v) is 5.34. The quantitative estimate of drug-likeness (QED) is 0.759. The minimum Gasteiger partial charge on any atom is -0.325 e. The first-order valence-electron chi connectivity index (χ1n) is 9.26. The molecular weight excluding hydrogens is 318 g/mol. The number of imide groups is 1. The highest BCUT2D eigenvalue weighted by Crippen LogP contribution is 2.37. The molecule has 0 unspecified atom stereocenters. The van der Waals surface area contributed by atoms with Gasteiger partial charge in [0.25, 0.3) is 11.8 Å². The third kappa shape index (κ3) is 4.09. The lowest BCUT2D eigenvalue weighted by Crippen LogP contribution is -2.32. The molecule has 2 fully saturated rings. The van der Waals surface area contributed by atoms with Crippen LogP contribution in [0.1, 0.15) is 80.1 Å². The topological polar surface area (TPSA) is 63.7 Å². The van der Waals surface area contributed by atoms with Crippen LogP contribution in [0.15, 0.2) is 24.3 Å². The van der Waals surface area contributed by atoms with Crippen molar-refractivity contribution in [1.82, 2.24) is 5.06 Å². The van der Waals surface area contributed by atoms with Crippen molar-refractivity contribution in [3.05, 3.63) is 35.4 Å². The fraction of sp³-hybridized carbons (Fsp3) is 0.550. The number of rotatable bonds is 5. The maximum absolute atomic E-state index is 12.1. The van der Waals surface area contributed by atoms with Gasteiger partial charge in [-0.05, 0) is 55.2 Å². The Morgan fingerprint density at radius 2 is 1.64 bits per heavy atom. The summed E-state index contributed by atoms with van der Waals surface area (Å²) in [6.45, 7) is 2.24. The standard InChI is InChI=1S/C20H25NO4/c1-2-3-14-4-6-15(7-5-14)16-8-10-17(11-9-16)20(24)25-21-18(22)12-13-19(21)23/h8-11,14-15H,2-7,12-13H2,1H3/t14-,15-. The zero-order valence-corrected chi connectivity index (χ0v) is 14.7. The smallest absolute Gasteiger partial charge is 0.325 e. The van der Waals surface area contributed by atoms with E-state index in [0.717, 1.165) is 5.92 Å². The number of carbonyl (C=O) groups excluding carboxylic acids is 3. The van der Waals surface area contributed by atoms with Crippen molar-refractivity contribution in [2.24, 2.45) is 5.92 Å². The van der Waals surface area contributed by atoms with Gasteiger partial charge in [0, 0.05) is 12.8 Å². The van der Waals surface area contributed by atoms with Crippen molar-refractivity contribution in [3.8, 4) is 0 Å². The predicted octanol–water partition coefficient (Wildman–Crippen LogP) is 3.98. The number of hydrogen-bond donors (Lipinski definition) is 0. The Hall–Kier alpha value is -2.17. The molecule has 0 N–H and O–H groups in total. The maximum Gasteiger partial charge on any atom is 0.363 e. The first-order valence-corrected chi connectivity index (χ1v) is 9.26. The summed E-state index contributed by atoms with van der Waals surface area (Å²) in [6.07, 6.45) is 7.75. The molecule has 1 aliphatic carbocycles. The van der Waals surface area contributed by atoms with Gasteiger partial charge < -0.3 is 4.84 Å². The molecule has 0 spiro atoms. The molecule has 1 saturated heterocycles. The second-order valence-corrected chi connectivity index (χ2v) is 7.09. The van der Waals surface area contributed by atoms with Gasteiger partial charge in [-0.15, -0.1) is 5.06 Å². The minimum absolute atomic E-state index is 0.103. The Bertz CT molecular complexity index is 628. The molecule has 5 heteroatoms. The third-order valence-electron chi connectivity index (χ3n) is 5.34. The van der Waals surface area contributed by atoms with Gasteiger partial charge in [0.2, 0.25) is 0 Å². The molecule has 3 rings (SSSR count). The number of nitrogens with zero attached hydrogens (tertiary/aromatic N) is 1. The normalized spacial score (nSPS) is 23.8. The van der Waals surface area contributed by atoms with Gasteiger partial charge in [-0.2, -0.15) is 0 Å². The second kappa shape index (κ2) is 7.81. The van der Waals surface area contributed by atoms with Gasteiger partial charge >= 0.3 is 5.97 Å². The molecular formula is C20H25NO4. The molecule has 2 amide bonds. The Labute approximate surface area is 148 Å². The van der Waals surface area contributed by atoms with Gasteiger partial charge in [-0.3, -0.25) is 9.59 Å². The molecule has 1 heterocycles. The highest BCUT2D eigenvalue weighted by atomic mass is 16.7. The van der Waals surface area contributed by atoms with Crippen LogP contribution in [0, 0.1) is 5.92 Å². The summed E-state index contributed by atoms with van der Waals surface area (Å²) in [4.78, 5) is 40.1. The highest BCUT2D eigenvalue weighted by molar-refractivity contribution is 6.02. The molecule has 1 aliphatic heterocycles. The van der Waals surface area contributed by atoms with Crippen LogP contribution in [0.2, 0.25) is 0 Å². The van der Waals surface area contributed by atoms with E-state index in [1.807, 2.05) is 12.1 Å². The van der Waals surface area contributed by atoms with Crippen molar-refractivity contribution in [1.29, 1.82) is 0 Å². The molecule has 0 atom stereocenters. The fourth-order valence-corrected chi connectivity index (χ4v) is 3.88. The lowest BCUT2D eigenvalue weighted by molar-refractivity contribution is -0.172. The Morgan fingerprint density at radius 1 is 1.04 bits per heavy atom. The molecule has 25 heavy (non-hydrogen) atoms. The van der Waals surface area contributed by atoms with E-state index in [1.54, 1.807) is 12.1 Å². The van der Waals surface area contributed by atoms with Crippen LogP contribution in [0.4, 0.5) is 0 Å². The zero-order valence-electron chi connectivity index (χ0n) is 14.7. The van der Waals surface area contributed by atoms with Crippen LogP contribution < -0.4 is 0 Å². The second-order valence-electron chi connectivity index (χ2n) is 7.09. The van der Waals surface area contributed by atoms with Crippen LogP contribution in [-0.4, -0.2) is 22.8 Å². The van der Waals surface area contributed by atoms with Crippen LogP contribution in [0.3, 0.4) is 0 Å². The van der Waals surface area contributed by atoms with E-state index in [1.165, 1.54) is 44.1 Å². The summed E-state index contributed by atoms with van der Waals surface area (Å²) in [5.41, 5.74) is 1.61. The Morgan fingerprint density at radius 3 is 2.20 bits per heavy atom. The van der Waals surface area contributed by atoms with Gasteiger partial charge in [0.15, 0.2) is 0 Å². The Balaban J connectivity index is 1.58. The number of carbonyl (C=O) groups is 3. The molecule has 0 bridgehead atoms. The molecule has 0 aromatic heterocycles. The molecule has 1 aromatic rings. The number of hydroxylamine groups is 2. The van der Waals surface area contributed by atoms with Crippen LogP contribution in [-0.2, 0) is 14.4 Å². The molecule has 1 aromatic carbocycles. The first kappa shape index (κ1) is 17.6. The predicted molar refractivity (Wildman–Crippen MR) is 92.6 cm³/mol.